The Morgan fingerprint density at radius 3 is 1.15 bits per heavy atom. The molecule has 0 radical (unpaired) electrons. The van der Waals surface area contributed by atoms with E-state index in [9.17, 15) is 14.3 Å². The quantitative estimate of drug-likeness (QED) is 0.0355. The normalized spacial score (nSPS) is 13.3. The number of carbonyl (C=O) groups is 1. The van der Waals surface area contributed by atoms with Crippen molar-refractivity contribution >= 4 is 13.8 Å². The first-order valence-electron chi connectivity index (χ1n) is 24.0. The maximum Gasteiger partial charge on any atom is 0.472 e. The third-order valence-corrected chi connectivity index (χ3v) is 11.8. The lowest BCUT2D eigenvalue weighted by Crippen LogP contribution is -2.28. The lowest BCUT2D eigenvalue weighted by atomic mass is 10.0. The number of phosphoric acid groups is 1. The Bertz CT molecular complexity index is 817. The summed E-state index contributed by atoms with van der Waals surface area (Å²) in [4.78, 5) is 22.5. The predicted molar refractivity (Wildman–Crippen MR) is 234 cm³/mol. The van der Waals surface area contributed by atoms with Crippen LogP contribution >= 0.6 is 7.82 Å². The van der Waals surface area contributed by atoms with Crippen molar-refractivity contribution in [2.45, 2.75) is 258 Å². The lowest BCUT2D eigenvalue weighted by molar-refractivity contribution is -0.154. The maximum atomic E-state index is 12.6. The van der Waals surface area contributed by atoms with E-state index in [0.29, 0.717) is 13.0 Å². The van der Waals surface area contributed by atoms with Crippen molar-refractivity contribution in [3.05, 3.63) is 0 Å². The van der Waals surface area contributed by atoms with Gasteiger partial charge in [-0.2, -0.15) is 0 Å². The van der Waals surface area contributed by atoms with Crippen LogP contribution in [0.2, 0.25) is 0 Å². The van der Waals surface area contributed by atoms with Gasteiger partial charge in [0.25, 0.3) is 0 Å². The first kappa shape index (κ1) is 54.5. The van der Waals surface area contributed by atoms with Crippen molar-refractivity contribution in [2.75, 3.05) is 33.0 Å². The molecule has 2 atom stereocenters. The standard InChI is InChI=1S/C46H94NO7P/c1-3-5-7-9-11-13-15-17-19-21-22-24-26-28-30-32-34-36-38-41-51-43-45(44-53-55(49,50)52-42-40-47)54-46(48)39-37-35-33-31-29-27-25-23-20-18-16-14-12-10-8-6-4-2/h45H,3-44,47H2,1-2H3,(H,49,50). The van der Waals surface area contributed by atoms with Crippen LogP contribution in [-0.2, 0) is 27.9 Å². The van der Waals surface area contributed by atoms with Crippen LogP contribution in [-0.4, -0.2) is 49.9 Å². The number of unbranched alkanes of at least 4 members (excludes halogenated alkanes) is 34. The Morgan fingerprint density at radius 2 is 0.800 bits per heavy atom. The first-order valence-corrected chi connectivity index (χ1v) is 25.5. The summed E-state index contributed by atoms with van der Waals surface area (Å²) >= 11 is 0. The van der Waals surface area contributed by atoms with Gasteiger partial charge in [-0.25, -0.2) is 4.57 Å². The monoisotopic (exact) mass is 804 g/mol. The summed E-state index contributed by atoms with van der Waals surface area (Å²) in [6.45, 7) is 5.00. The van der Waals surface area contributed by atoms with Gasteiger partial charge in [0.05, 0.1) is 19.8 Å². The number of esters is 1. The highest BCUT2D eigenvalue weighted by Gasteiger charge is 2.25. The van der Waals surface area contributed by atoms with Gasteiger partial charge < -0.3 is 20.1 Å². The van der Waals surface area contributed by atoms with E-state index in [-0.39, 0.29) is 32.3 Å². The van der Waals surface area contributed by atoms with Crippen molar-refractivity contribution < 1.29 is 32.8 Å². The predicted octanol–water partition coefficient (Wildman–Crippen LogP) is 14.5. The van der Waals surface area contributed by atoms with Gasteiger partial charge in [0, 0.05) is 19.6 Å². The molecule has 0 rings (SSSR count). The highest BCUT2D eigenvalue weighted by molar-refractivity contribution is 7.47. The molecule has 0 bridgehead atoms. The molecule has 0 spiro atoms. The fourth-order valence-corrected chi connectivity index (χ4v) is 8.00. The zero-order chi connectivity index (χ0) is 40.2. The smallest absolute Gasteiger partial charge is 0.457 e. The molecule has 0 aliphatic heterocycles. The number of phosphoric ester groups is 1. The molecule has 0 aliphatic rings. The molecule has 0 heterocycles. The van der Waals surface area contributed by atoms with Crippen LogP contribution < -0.4 is 5.73 Å². The average molecular weight is 804 g/mol. The number of hydrogen-bond acceptors (Lipinski definition) is 7. The largest absolute Gasteiger partial charge is 0.472 e. The third-order valence-electron chi connectivity index (χ3n) is 10.8. The molecular weight excluding hydrogens is 709 g/mol. The van der Waals surface area contributed by atoms with Gasteiger partial charge in [-0.15, -0.1) is 0 Å². The molecule has 0 aromatic rings. The van der Waals surface area contributed by atoms with Crippen molar-refractivity contribution in [1.29, 1.82) is 0 Å². The van der Waals surface area contributed by atoms with Gasteiger partial charge in [-0.1, -0.05) is 232 Å². The van der Waals surface area contributed by atoms with Crippen molar-refractivity contribution in [2.24, 2.45) is 5.73 Å². The second-order valence-corrected chi connectivity index (χ2v) is 17.8. The van der Waals surface area contributed by atoms with Gasteiger partial charge in [0.2, 0.25) is 0 Å². The molecule has 0 amide bonds. The molecule has 0 saturated carbocycles. The molecule has 55 heavy (non-hydrogen) atoms. The Morgan fingerprint density at radius 1 is 0.473 bits per heavy atom. The SMILES string of the molecule is CCCCCCCCCCCCCCCCCCCCCOCC(COP(=O)(O)OCCN)OC(=O)CCCCCCCCCCCCCCCCCCC. The molecule has 3 N–H and O–H groups in total. The van der Waals surface area contributed by atoms with Crippen LogP contribution in [0.3, 0.4) is 0 Å². The van der Waals surface area contributed by atoms with Crippen LogP contribution in [0.15, 0.2) is 0 Å². The van der Waals surface area contributed by atoms with E-state index in [4.69, 9.17) is 24.3 Å². The molecule has 330 valence electrons. The summed E-state index contributed by atoms with van der Waals surface area (Å²) in [5.41, 5.74) is 5.38. The highest BCUT2D eigenvalue weighted by Crippen LogP contribution is 2.43. The topological polar surface area (TPSA) is 117 Å². The number of hydrogen-bond donors (Lipinski definition) is 2. The molecule has 0 aromatic heterocycles. The number of nitrogens with two attached hydrogens (primary N) is 1. The van der Waals surface area contributed by atoms with E-state index in [0.717, 1.165) is 32.1 Å². The van der Waals surface area contributed by atoms with Crippen LogP contribution in [0.1, 0.15) is 251 Å². The molecule has 0 saturated heterocycles. The van der Waals surface area contributed by atoms with Gasteiger partial charge in [0.15, 0.2) is 0 Å². The van der Waals surface area contributed by atoms with Crippen molar-refractivity contribution in [3.63, 3.8) is 0 Å². The van der Waals surface area contributed by atoms with E-state index in [1.807, 2.05) is 0 Å². The minimum Gasteiger partial charge on any atom is -0.457 e. The number of carbonyl (C=O) groups excluding carboxylic acids is 1. The first-order chi connectivity index (χ1) is 26.9. The van der Waals surface area contributed by atoms with E-state index < -0.39 is 13.9 Å². The third kappa shape index (κ3) is 44.4. The summed E-state index contributed by atoms with van der Waals surface area (Å²) in [6.07, 6.45) is 47.0. The Labute approximate surface area is 341 Å². The van der Waals surface area contributed by atoms with Crippen LogP contribution in [0.4, 0.5) is 0 Å². The molecule has 0 fully saturated rings. The van der Waals surface area contributed by atoms with Crippen LogP contribution in [0.25, 0.3) is 0 Å². The molecular formula is C46H94NO7P. The average Bonchev–Trinajstić information content (AvgIpc) is 3.17. The molecule has 2 unspecified atom stereocenters. The zero-order valence-corrected chi connectivity index (χ0v) is 37.6. The fraction of sp³-hybridized carbons (Fsp3) is 0.978. The molecule has 0 aliphatic carbocycles. The molecule has 0 aromatic carbocycles. The Hall–Kier alpha value is -0.500. The fourth-order valence-electron chi connectivity index (χ4n) is 7.24. The zero-order valence-electron chi connectivity index (χ0n) is 36.7. The van der Waals surface area contributed by atoms with Crippen molar-refractivity contribution in [1.82, 2.24) is 0 Å². The highest BCUT2D eigenvalue weighted by atomic mass is 31.2. The molecule has 8 nitrogen and oxygen atoms in total. The van der Waals surface area contributed by atoms with E-state index >= 15 is 0 Å². The minimum atomic E-state index is -4.27. The Balaban J connectivity index is 3.91. The summed E-state index contributed by atoms with van der Waals surface area (Å²) in [6, 6.07) is 0. The van der Waals surface area contributed by atoms with E-state index in [2.05, 4.69) is 13.8 Å². The van der Waals surface area contributed by atoms with Gasteiger partial charge in [-0.3, -0.25) is 13.8 Å². The Kier molecular flexibility index (Phi) is 44.2. The van der Waals surface area contributed by atoms with Gasteiger partial charge >= 0.3 is 13.8 Å². The van der Waals surface area contributed by atoms with Gasteiger partial charge in [-0.05, 0) is 12.8 Å². The second-order valence-electron chi connectivity index (χ2n) is 16.3. The number of rotatable bonds is 47. The van der Waals surface area contributed by atoms with E-state index in [1.165, 1.54) is 199 Å². The summed E-state index contributed by atoms with van der Waals surface area (Å²) < 4.78 is 33.5. The minimum absolute atomic E-state index is 0.0898. The summed E-state index contributed by atoms with van der Waals surface area (Å²) in [5, 5.41) is 0. The number of ether oxygens (including phenoxy) is 2. The summed E-state index contributed by atoms with van der Waals surface area (Å²) in [5.74, 6) is -0.322. The van der Waals surface area contributed by atoms with Crippen LogP contribution in [0, 0.1) is 0 Å². The lowest BCUT2D eigenvalue weighted by Gasteiger charge is -2.20. The van der Waals surface area contributed by atoms with E-state index in [1.54, 1.807) is 0 Å². The van der Waals surface area contributed by atoms with Gasteiger partial charge in [0.1, 0.15) is 6.10 Å². The molecule has 9 heteroatoms. The summed E-state index contributed by atoms with van der Waals surface area (Å²) in [7, 11) is -4.27. The second kappa shape index (κ2) is 44.6. The van der Waals surface area contributed by atoms with Crippen molar-refractivity contribution in [3.8, 4) is 0 Å². The van der Waals surface area contributed by atoms with Crippen LogP contribution in [0.5, 0.6) is 0 Å². The maximum absolute atomic E-state index is 12.6.